The number of aryl methyl sites for hydroxylation is 2. The predicted molar refractivity (Wildman–Crippen MR) is 159 cm³/mol. The lowest BCUT2D eigenvalue weighted by molar-refractivity contribution is 1.30. The molecule has 3 aromatic heterocycles. The van der Waals surface area contributed by atoms with Crippen molar-refractivity contribution in [3.05, 3.63) is 119 Å². The maximum Gasteiger partial charge on any atom is 0.0737 e. The molecule has 0 unspecified atom stereocenters. The lowest BCUT2D eigenvalue weighted by atomic mass is 9.99. The average Bonchev–Trinajstić information content (AvgIpc) is 3.72. The lowest BCUT2D eigenvalue weighted by Crippen LogP contribution is -1.88. The van der Waals surface area contributed by atoms with E-state index in [1.807, 2.05) is 0 Å². The lowest BCUT2D eigenvalue weighted by Gasteiger charge is -2.07. The maximum atomic E-state index is 5.05. The Morgan fingerprint density at radius 3 is 1.39 bits per heavy atom. The molecule has 0 amide bonds. The molecule has 2 N–H and O–H groups in total. The smallest absolute Gasteiger partial charge is 0.0737 e. The molecule has 7 rings (SSSR count). The molecule has 0 fully saturated rings. The molecule has 0 atom stereocenters. The largest absolute Gasteiger partial charge is 0.355 e. The number of nitrogens with one attached hydrogen (secondary N) is 2. The molecular formula is C34H26N4. The number of benzene rings is 2. The Hall–Kier alpha value is -4.96. The Morgan fingerprint density at radius 1 is 0.500 bits per heavy atom. The van der Waals surface area contributed by atoms with Crippen molar-refractivity contribution in [3.63, 3.8) is 0 Å². The van der Waals surface area contributed by atoms with Gasteiger partial charge in [0, 0.05) is 33.2 Å². The molecule has 0 saturated carbocycles. The van der Waals surface area contributed by atoms with E-state index in [0.717, 1.165) is 56.0 Å². The van der Waals surface area contributed by atoms with Gasteiger partial charge in [-0.25, -0.2) is 9.97 Å². The van der Waals surface area contributed by atoms with Crippen LogP contribution in [0.3, 0.4) is 0 Å². The minimum absolute atomic E-state index is 0.913. The van der Waals surface area contributed by atoms with Crippen LogP contribution in [-0.2, 0) is 0 Å². The summed E-state index contributed by atoms with van der Waals surface area (Å²) in [4.78, 5) is 17.3. The van der Waals surface area contributed by atoms with Crippen LogP contribution in [0, 0.1) is 13.8 Å². The number of fused-ring (bicyclic) bond motifs is 8. The molecule has 0 saturated heterocycles. The van der Waals surface area contributed by atoms with Crippen molar-refractivity contribution in [2.45, 2.75) is 13.8 Å². The van der Waals surface area contributed by atoms with Crippen LogP contribution in [0.2, 0.25) is 0 Å². The number of aromatic nitrogens is 4. The first-order valence-corrected chi connectivity index (χ1v) is 12.8. The van der Waals surface area contributed by atoms with Crippen LogP contribution < -0.4 is 0 Å². The van der Waals surface area contributed by atoms with Gasteiger partial charge in [-0.15, -0.1) is 0 Å². The second kappa shape index (κ2) is 8.86. The van der Waals surface area contributed by atoms with Gasteiger partial charge in [-0.3, -0.25) is 0 Å². The molecular weight excluding hydrogens is 464 g/mol. The first kappa shape index (κ1) is 22.3. The number of rotatable bonds is 2. The van der Waals surface area contributed by atoms with Gasteiger partial charge in [-0.1, -0.05) is 48.5 Å². The van der Waals surface area contributed by atoms with Crippen LogP contribution in [0.4, 0.5) is 0 Å². The minimum Gasteiger partial charge on any atom is -0.355 e. The molecule has 8 bridgehead atoms. The molecule has 5 aromatic rings. The summed E-state index contributed by atoms with van der Waals surface area (Å²) in [6.45, 7) is 4.29. The molecule has 2 aliphatic heterocycles. The minimum atomic E-state index is 0.913. The third-order valence-electron chi connectivity index (χ3n) is 7.23. The number of nitrogens with zero attached hydrogens (tertiary/aromatic N) is 2. The van der Waals surface area contributed by atoms with Gasteiger partial charge in [-0.2, -0.15) is 0 Å². The van der Waals surface area contributed by atoms with Gasteiger partial charge in [0.2, 0.25) is 0 Å². The van der Waals surface area contributed by atoms with Crippen LogP contribution in [0.5, 0.6) is 0 Å². The summed E-state index contributed by atoms with van der Waals surface area (Å²) >= 11 is 0. The van der Waals surface area contributed by atoms with E-state index < -0.39 is 0 Å². The average molecular weight is 491 g/mol. The van der Waals surface area contributed by atoms with E-state index in [1.54, 1.807) is 0 Å². The van der Waals surface area contributed by atoms with Gasteiger partial charge >= 0.3 is 0 Å². The third-order valence-corrected chi connectivity index (χ3v) is 7.23. The summed E-state index contributed by atoms with van der Waals surface area (Å²) < 4.78 is 0. The highest BCUT2D eigenvalue weighted by Crippen LogP contribution is 2.34. The highest BCUT2D eigenvalue weighted by atomic mass is 14.8. The number of hydrogen-bond acceptors (Lipinski definition) is 2. The van der Waals surface area contributed by atoms with Crippen molar-refractivity contribution in [3.8, 4) is 22.3 Å². The van der Waals surface area contributed by atoms with E-state index in [4.69, 9.17) is 9.97 Å². The van der Waals surface area contributed by atoms with Crippen LogP contribution in [0.15, 0.2) is 84.9 Å². The summed E-state index contributed by atoms with van der Waals surface area (Å²) in [5.41, 5.74) is 14.7. The Labute approximate surface area is 221 Å². The summed E-state index contributed by atoms with van der Waals surface area (Å²) in [6, 6.07) is 29.6. The van der Waals surface area contributed by atoms with Crippen LogP contribution in [0.25, 0.3) is 68.6 Å². The van der Waals surface area contributed by atoms with E-state index in [0.29, 0.717) is 0 Å². The predicted octanol–water partition coefficient (Wildman–Crippen LogP) is 8.61. The Morgan fingerprint density at radius 2 is 0.947 bits per heavy atom. The maximum absolute atomic E-state index is 5.05. The van der Waals surface area contributed by atoms with Crippen LogP contribution >= 0.6 is 0 Å². The zero-order valence-corrected chi connectivity index (χ0v) is 21.3. The van der Waals surface area contributed by atoms with E-state index >= 15 is 0 Å². The van der Waals surface area contributed by atoms with Gasteiger partial charge in [0.15, 0.2) is 0 Å². The van der Waals surface area contributed by atoms with E-state index in [-0.39, 0.29) is 0 Å². The quantitative estimate of drug-likeness (QED) is 0.255. The zero-order valence-electron chi connectivity index (χ0n) is 21.3. The van der Waals surface area contributed by atoms with Gasteiger partial charge < -0.3 is 9.97 Å². The Bertz CT molecular complexity index is 1810. The van der Waals surface area contributed by atoms with Gasteiger partial charge in [0.05, 0.1) is 22.8 Å². The molecule has 182 valence electrons. The molecule has 0 aliphatic carbocycles. The van der Waals surface area contributed by atoms with E-state index in [1.165, 1.54) is 22.3 Å². The standard InChI is InChI=1S/C34H26N4/c1-21-7-3-5-9-27(21)33-29-15-11-23(35-29)19-25-13-17-31(37-25)34(28-10-6-4-8-22(28)2)32-18-14-26(38-32)20-24-12-16-30(33)36-24/h3-20,35,38H,1-2H3. The van der Waals surface area contributed by atoms with Crippen molar-refractivity contribution in [2.24, 2.45) is 0 Å². The van der Waals surface area contributed by atoms with Crippen molar-refractivity contribution in [1.82, 2.24) is 19.9 Å². The van der Waals surface area contributed by atoms with Crippen molar-refractivity contribution in [1.29, 1.82) is 0 Å². The molecule has 4 nitrogen and oxygen atoms in total. The molecule has 2 aliphatic rings. The summed E-state index contributed by atoms with van der Waals surface area (Å²) in [7, 11) is 0. The third kappa shape index (κ3) is 3.87. The normalized spacial score (nSPS) is 12.3. The summed E-state index contributed by atoms with van der Waals surface area (Å²) in [5.74, 6) is 0. The topological polar surface area (TPSA) is 57.4 Å². The van der Waals surface area contributed by atoms with Crippen molar-refractivity contribution < 1.29 is 0 Å². The number of aromatic amines is 2. The monoisotopic (exact) mass is 490 g/mol. The zero-order chi connectivity index (χ0) is 25.6. The summed E-state index contributed by atoms with van der Waals surface area (Å²) in [6.07, 6.45) is 8.38. The second-order valence-electron chi connectivity index (χ2n) is 9.83. The first-order valence-electron chi connectivity index (χ1n) is 12.8. The fourth-order valence-corrected chi connectivity index (χ4v) is 5.35. The highest BCUT2D eigenvalue weighted by molar-refractivity contribution is 5.94. The second-order valence-corrected chi connectivity index (χ2v) is 9.83. The number of H-pyrrole nitrogens is 2. The molecule has 38 heavy (non-hydrogen) atoms. The van der Waals surface area contributed by atoms with E-state index in [9.17, 15) is 0 Å². The first-order chi connectivity index (χ1) is 18.6. The van der Waals surface area contributed by atoms with E-state index in [2.05, 4.69) is 133 Å². The van der Waals surface area contributed by atoms with Crippen LogP contribution in [-0.4, -0.2) is 19.9 Å². The van der Waals surface area contributed by atoms with Crippen molar-refractivity contribution in [2.75, 3.05) is 0 Å². The number of hydrogen-bond donors (Lipinski definition) is 2. The molecule has 4 heteroatoms. The Balaban J connectivity index is 1.59. The SMILES string of the molecule is Cc1ccccc1-c1c2nc(cc3ccc([nH]3)c(-c3ccccc3C)c3nc(cc4ccc1[nH]4)C=C3)C=C2. The van der Waals surface area contributed by atoms with Crippen LogP contribution in [0.1, 0.15) is 33.9 Å². The fourth-order valence-electron chi connectivity index (χ4n) is 5.35. The molecule has 2 aromatic carbocycles. The Kier molecular flexibility index (Phi) is 5.19. The molecule has 0 spiro atoms. The van der Waals surface area contributed by atoms with Crippen molar-refractivity contribution >= 4 is 46.4 Å². The fraction of sp³-hybridized carbons (Fsp3) is 0.0588. The van der Waals surface area contributed by atoms with Gasteiger partial charge in [0.25, 0.3) is 0 Å². The van der Waals surface area contributed by atoms with Gasteiger partial charge in [0.1, 0.15) is 0 Å². The highest BCUT2D eigenvalue weighted by Gasteiger charge is 2.14. The molecule has 0 radical (unpaired) electrons. The summed E-state index contributed by atoms with van der Waals surface area (Å²) in [5, 5.41) is 0. The molecule has 5 heterocycles. The van der Waals surface area contributed by atoms with Gasteiger partial charge in [-0.05, 0) is 96.8 Å².